The molecule has 138 valence electrons. The highest BCUT2D eigenvalue weighted by Crippen LogP contribution is 2.21. The molecule has 2 aromatic rings. The SMILES string of the molecule is C[C@@H]1CN(Cc2ccc(-c3ncc(N4CCCC4)cn3)cc2)C[C@H](C)N1. The fourth-order valence-electron chi connectivity index (χ4n) is 4.20. The zero-order valence-electron chi connectivity index (χ0n) is 15.9. The molecule has 0 unspecified atom stereocenters. The molecule has 0 radical (unpaired) electrons. The molecule has 2 aliphatic heterocycles. The first-order chi connectivity index (χ1) is 12.7. The van der Waals surface area contributed by atoms with Crippen LogP contribution >= 0.6 is 0 Å². The lowest BCUT2D eigenvalue weighted by Crippen LogP contribution is -2.53. The van der Waals surface area contributed by atoms with Gasteiger partial charge in [-0.05, 0) is 32.3 Å². The van der Waals surface area contributed by atoms with Gasteiger partial charge in [-0.3, -0.25) is 4.90 Å². The van der Waals surface area contributed by atoms with E-state index in [2.05, 4.69) is 63.2 Å². The first-order valence-corrected chi connectivity index (χ1v) is 9.82. The van der Waals surface area contributed by atoms with Crippen LogP contribution in [0.1, 0.15) is 32.3 Å². The third kappa shape index (κ3) is 4.05. The number of nitrogens with zero attached hydrogens (tertiary/aromatic N) is 4. The summed E-state index contributed by atoms with van der Waals surface area (Å²) in [5, 5.41) is 3.59. The van der Waals surface area contributed by atoms with Crippen molar-refractivity contribution in [3.05, 3.63) is 42.2 Å². The lowest BCUT2D eigenvalue weighted by Gasteiger charge is -2.36. The molecule has 2 atom stereocenters. The fraction of sp³-hybridized carbons (Fsp3) is 0.524. The average Bonchev–Trinajstić information content (AvgIpc) is 3.16. The van der Waals surface area contributed by atoms with Crippen molar-refractivity contribution in [1.82, 2.24) is 20.2 Å². The highest BCUT2D eigenvalue weighted by molar-refractivity contribution is 5.57. The summed E-state index contributed by atoms with van der Waals surface area (Å²) in [7, 11) is 0. The van der Waals surface area contributed by atoms with Crippen molar-refractivity contribution >= 4 is 5.69 Å². The van der Waals surface area contributed by atoms with Crippen LogP contribution in [0.5, 0.6) is 0 Å². The van der Waals surface area contributed by atoms with Crippen LogP contribution in [-0.2, 0) is 6.54 Å². The maximum Gasteiger partial charge on any atom is 0.159 e. The molecule has 1 N–H and O–H groups in total. The van der Waals surface area contributed by atoms with Crippen LogP contribution in [0, 0.1) is 0 Å². The Morgan fingerprint density at radius 1 is 0.962 bits per heavy atom. The van der Waals surface area contributed by atoms with Crippen molar-refractivity contribution in [2.24, 2.45) is 0 Å². The van der Waals surface area contributed by atoms with E-state index in [9.17, 15) is 0 Å². The predicted molar refractivity (Wildman–Crippen MR) is 106 cm³/mol. The highest BCUT2D eigenvalue weighted by Gasteiger charge is 2.20. The number of hydrogen-bond acceptors (Lipinski definition) is 5. The van der Waals surface area contributed by atoms with E-state index in [4.69, 9.17) is 0 Å². The van der Waals surface area contributed by atoms with E-state index >= 15 is 0 Å². The Bertz CT molecular complexity index is 696. The molecular weight excluding hydrogens is 322 g/mol. The second kappa shape index (κ2) is 7.72. The molecule has 1 aromatic carbocycles. The van der Waals surface area contributed by atoms with Gasteiger partial charge in [0.15, 0.2) is 5.82 Å². The Hall–Kier alpha value is -1.98. The fourth-order valence-corrected chi connectivity index (χ4v) is 4.20. The zero-order chi connectivity index (χ0) is 17.9. The Balaban J connectivity index is 1.40. The van der Waals surface area contributed by atoms with E-state index in [-0.39, 0.29) is 0 Å². The second-order valence-electron chi connectivity index (χ2n) is 7.82. The van der Waals surface area contributed by atoms with E-state index in [0.29, 0.717) is 12.1 Å². The molecular formula is C21H29N5. The number of hydrogen-bond donors (Lipinski definition) is 1. The Kier molecular flexibility index (Phi) is 5.18. The molecule has 5 nitrogen and oxygen atoms in total. The Morgan fingerprint density at radius 2 is 1.58 bits per heavy atom. The summed E-state index contributed by atoms with van der Waals surface area (Å²) < 4.78 is 0. The van der Waals surface area contributed by atoms with Crippen LogP contribution in [0.15, 0.2) is 36.7 Å². The van der Waals surface area contributed by atoms with Crippen molar-refractivity contribution in [2.75, 3.05) is 31.1 Å². The van der Waals surface area contributed by atoms with Crippen LogP contribution in [0.2, 0.25) is 0 Å². The number of nitrogens with one attached hydrogen (secondary N) is 1. The van der Waals surface area contributed by atoms with Crippen LogP contribution in [0.4, 0.5) is 5.69 Å². The third-order valence-corrected chi connectivity index (χ3v) is 5.36. The minimum atomic E-state index is 0.556. The number of aromatic nitrogens is 2. The highest BCUT2D eigenvalue weighted by atomic mass is 15.2. The van der Waals surface area contributed by atoms with Crippen LogP contribution in [0.3, 0.4) is 0 Å². The molecule has 3 heterocycles. The summed E-state index contributed by atoms with van der Waals surface area (Å²) in [6.45, 7) is 9.98. The molecule has 4 rings (SSSR count). The summed E-state index contributed by atoms with van der Waals surface area (Å²) in [6.07, 6.45) is 6.47. The maximum atomic E-state index is 4.59. The van der Waals surface area contributed by atoms with Gasteiger partial charge in [0.25, 0.3) is 0 Å². The van der Waals surface area contributed by atoms with E-state index in [1.165, 1.54) is 18.4 Å². The average molecular weight is 351 g/mol. The van der Waals surface area contributed by atoms with Gasteiger partial charge in [-0.2, -0.15) is 0 Å². The summed E-state index contributed by atoms with van der Waals surface area (Å²) in [6, 6.07) is 9.83. The molecule has 2 saturated heterocycles. The molecule has 0 spiro atoms. The quantitative estimate of drug-likeness (QED) is 0.917. The molecule has 0 bridgehead atoms. The molecule has 1 aromatic heterocycles. The van der Waals surface area contributed by atoms with Crippen molar-refractivity contribution < 1.29 is 0 Å². The molecule has 0 saturated carbocycles. The van der Waals surface area contributed by atoms with Gasteiger partial charge in [-0.25, -0.2) is 9.97 Å². The monoisotopic (exact) mass is 351 g/mol. The number of benzene rings is 1. The van der Waals surface area contributed by atoms with Gasteiger partial charge in [0, 0.05) is 50.4 Å². The molecule has 5 heteroatoms. The van der Waals surface area contributed by atoms with Crippen LogP contribution < -0.4 is 10.2 Å². The van der Waals surface area contributed by atoms with Crippen LogP contribution in [0.25, 0.3) is 11.4 Å². The van der Waals surface area contributed by atoms with Gasteiger partial charge in [0.2, 0.25) is 0 Å². The summed E-state index contributed by atoms with van der Waals surface area (Å²) in [4.78, 5) is 14.1. The zero-order valence-corrected chi connectivity index (χ0v) is 15.9. The van der Waals surface area contributed by atoms with E-state index in [0.717, 1.165) is 49.8 Å². The van der Waals surface area contributed by atoms with Gasteiger partial charge < -0.3 is 10.2 Å². The lowest BCUT2D eigenvalue weighted by molar-refractivity contribution is 0.166. The molecule has 0 aliphatic carbocycles. The second-order valence-corrected chi connectivity index (χ2v) is 7.82. The Labute approximate surface area is 156 Å². The molecule has 26 heavy (non-hydrogen) atoms. The van der Waals surface area contributed by atoms with E-state index in [1.807, 2.05) is 12.4 Å². The van der Waals surface area contributed by atoms with Gasteiger partial charge in [0.05, 0.1) is 18.1 Å². The van der Waals surface area contributed by atoms with Gasteiger partial charge in [-0.1, -0.05) is 24.3 Å². The minimum Gasteiger partial charge on any atom is -0.369 e. The smallest absolute Gasteiger partial charge is 0.159 e. The normalized spacial score (nSPS) is 24.2. The van der Waals surface area contributed by atoms with Crippen LogP contribution in [-0.4, -0.2) is 53.1 Å². The predicted octanol–water partition coefficient (Wildman–Crippen LogP) is 2.93. The summed E-state index contributed by atoms with van der Waals surface area (Å²) >= 11 is 0. The van der Waals surface area contributed by atoms with Crippen molar-refractivity contribution in [3.8, 4) is 11.4 Å². The number of anilines is 1. The largest absolute Gasteiger partial charge is 0.369 e. The third-order valence-electron chi connectivity index (χ3n) is 5.36. The maximum absolute atomic E-state index is 4.59. The lowest BCUT2D eigenvalue weighted by atomic mass is 10.1. The van der Waals surface area contributed by atoms with E-state index < -0.39 is 0 Å². The number of rotatable bonds is 4. The first kappa shape index (κ1) is 17.4. The number of piperazine rings is 1. The minimum absolute atomic E-state index is 0.556. The van der Waals surface area contributed by atoms with Crippen molar-refractivity contribution in [1.29, 1.82) is 0 Å². The van der Waals surface area contributed by atoms with Gasteiger partial charge in [-0.15, -0.1) is 0 Å². The summed E-state index contributed by atoms with van der Waals surface area (Å²) in [5.74, 6) is 0.809. The van der Waals surface area contributed by atoms with Gasteiger partial charge in [0.1, 0.15) is 0 Å². The van der Waals surface area contributed by atoms with Crippen molar-refractivity contribution in [3.63, 3.8) is 0 Å². The van der Waals surface area contributed by atoms with Crippen molar-refractivity contribution in [2.45, 2.75) is 45.3 Å². The summed E-state index contributed by atoms with van der Waals surface area (Å²) in [5.41, 5.74) is 3.58. The standard InChI is InChI=1S/C21H29N5/c1-16-13-25(14-17(2)24-16)15-18-5-7-19(8-6-18)21-22-11-20(12-23-21)26-9-3-4-10-26/h5-8,11-12,16-17,24H,3-4,9-10,13-15H2,1-2H3/t16-,17+. The molecule has 2 fully saturated rings. The molecule has 0 amide bonds. The first-order valence-electron chi connectivity index (χ1n) is 9.82. The Morgan fingerprint density at radius 3 is 2.19 bits per heavy atom. The van der Waals surface area contributed by atoms with Gasteiger partial charge >= 0.3 is 0 Å². The van der Waals surface area contributed by atoms with E-state index in [1.54, 1.807) is 0 Å². The topological polar surface area (TPSA) is 44.3 Å². The molecule has 2 aliphatic rings.